The Kier molecular flexibility index (Phi) is 8.75. The average Bonchev–Trinajstić information content (AvgIpc) is 3.94. The van der Waals surface area contributed by atoms with Crippen molar-refractivity contribution in [1.82, 2.24) is 4.57 Å². The maximum atomic E-state index is 2.52. The lowest BCUT2D eigenvalue weighted by molar-refractivity contribution is 1.18. The molecule has 304 valence electrons. The second-order valence-electron chi connectivity index (χ2n) is 16.8. The number of para-hydroxylation sites is 2. The molecule has 0 saturated heterocycles. The fraction of sp³-hybridized carbons (Fsp3) is 0. The molecule has 0 saturated carbocycles. The van der Waals surface area contributed by atoms with Crippen molar-refractivity contribution in [3.8, 4) is 39.1 Å². The number of rotatable bonds is 7. The fourth-order valence-electron chi connectivity index (χ4n) is 10.3. The summed E-state index contributed by atoms with van der Waals surface area (Å²) in [6.07, 6.45) is 0. The molecular formula is C62H40N2S. The molecule has 0 fully saturated rings. The van der Waals surface area contributed by atoms with Crippen LogP contribution < -0.4 is 4.90 Å². The minimum atomic E-state index is 1.09. The molecule has 2 heterocycles. The molecule has 0 N–H and O–H groups in total. The van der Waals surface area contributed by atoms with Crippen molar-refractivity contribution in [2.45, 2.75) is 0 Å². The van der Waals surface area contributed by atoms with E-state index in [4.69, 9.17) is 0 Å². The number of anilines is 3. The lowest BCUT2D eigenvalue weighted by Gasteiger charge is -2.28. The first-order chi connectivity index (χ1) is 32.3. The van der Waals surface area contributed by atoms with Gasteiger partial charge in [0.1, 0.15) is 0 Å². The van der Waals surface area contributed by atoms with Gasteiger partial charge in [0, 0.05) is 47.9 Å². The third kappa shape index (κ3) is 6.08. The smallest absolute Gasteiger partial charge is 0.0562 e. The van der Waals surface area contributed by atoms with Crippen LogP contribution in [0.5, 0.6) is 0 Å². The fourth-order valence-corrected chi connectivity index (χ4v) is 11.5. The molecule has 2 nitrogen and oxygen atoms in total. The van der Waals surface area contributed by atoms with Crippen LogP contribution in [0, 0.1) is 0 Å². The largest absolute Gasteiger partial charge is 0.309 e. The minimum absolute atomic E-state index is 1.09. The molecule has 13 rings (SSSR count). The predicted octanol–water partition coefficient (Wildman–Crippen LogP) is 17.9. The Morgan fingerprint density at radius 2 is 0.923 bits per heavy atom. The molecular weight excluding hydrogens is 805 g/mol. The topological polar surface area (TPSA) is 8.17 Å². The van der Waals surface area contributed by atoms with Gasteiger partial charge in [-0.3, -0.25) is 0 Å². The van der Waals surface area contributed by atoms with E-state index in [1.807, 2.05) is 11.3 Å². The Morgan fingerprint density at radius 1 is 0.338 bits per heavy atom. The van der Waals surface area contributed by atoms with Crippen molar-refractivity contribution >= 4 is 91.9 Å². The standard InChI is InChI=1S/C62H40N2S/c1-2-22-46(23-3-1)63-55-30-10-8-26-53(55)60-56(63)31-15-32-57(60)64(47-36-34-41(35-37-47)44-20-12-21-45(40-44)50-28-13-18-42-16-4-6-24-48(42)50)58-39-38-52(51-29-14-19-43-17-5-7-25-49(43)51)62-61(58)54-27-9-11-33-59(54)65-62/h1-40H. The predicted molar refractivity (Wildman–Crippen MR) is 280 cm³/mol. The Hall–Kier alpha value is -8.24. The highest BCUT2D eigenvalue weighted by Gasteiger charge is 2.25. The SMILES string of the molecule is c1ccc(-n2c3ccccc3c3c(N(c4ccc(-c5cccc(-c6cccc7ccccc67)c5)cc4)c4ccc(-c5cccc6ccccc56)c5sc6ccccc6c45)cccc32)cc1. The second-order valence-corrected chi connectivity index (χ2v) is 17.9. The van der Waals surface area contributed by atoms with Gasteiger partial charge >= 0.3 is 0 Å². The van der Waals surface area contributed by atoms with Gasteiger partial charge in [0.15, 0.2) is 0 Å². The number of fused-ring (bicyclic) bond motifs is 8. The van der Waals surface area contributed by atoms with E-state index in [1.165, 1.54) is 96.9 Å². The normalized spacial score (nSPS) is 11.7. The molecule has 0 aliphatic carbocycles. The molecule has 2 aromatic heterocycles. The van der Waals surface area contributed by atoms with Crippen LogP contribution in [0.3, 0.4) is 0 Å². The molecule has 0 aliphatic heterocycles. The number of benzene rings is 11. The van der Waals surface area contributed by atoms with Crippen molar-refractivity contribution in [3.05, 3.63) is 243 Å². The van der Waals surface area contributed by atoms with Gasteiger partial charge in [-0.1, -0.05) is 182 Å². The molecule has 0 amide bonds. The summed E-state index contributed by atoms with van der Waals surface area (Å²) in [6.45, 7) is 0. The van der Waals surface area contributed by atoms with Crippen LogP contribution in [0.1, 0.15) is 0 Å². The van der Waals surface area contributed by atoms with Crippen molar-refractivity contribution in [3.63, 3.8) is 0 Å². The van der Waals surface area contributed by atoms with E-state index in [1.54, 1.807) is 0 Å². The van der Waals surface area contributed by atoms with Gasteiger partial charge < -0.3 is 9.47 Å². The van der Waals surface area contributed by atoms with Crippen LogP contribution >= 0.6 is 11.3 Å². The van der Waals surface area contributed by atoms with E-state index in [9.17, 15) is 0 Å². The number of hydrogen-bond acceptors (Lipinski definition) is 2. The number of nitrogens with zero attached hydrogens (tertiary/aromatic N) is 2. The van der Waals surface area contributed by atoms with Crippen LogP contribution in [0.4, 0.5) is 17.1 Å². The molecule has 0 aliphatic rings. The van der Waals surface area contributed by atoms with Crippen LogP contribution in [-0.4, -0.2) is 4.57 Å². The monoisotopic (exact) mass is 844 g/mol. The second kappa shape index (κ2) is 15.2. The van der Waals surface area contributed by atoms with Gasteiger partial charge in [0.25, 0.3) is 0 Å². The first kappa shape index (κ1) is 37.3. The molecule has 65 heavy (non-hydrogen) atoms. The van der Waals surface area contributed by atoms with E-state index in [-0.39, 0.29) is 0 Å². The Bertz CT molecular complexity index is 3940. The third-order valence-electron chi connectivity index (χ3n) is 13.2. The highest BCUT2D eigenvalue weighted by atomic mass is 32.1. The number of thiophene rings is 1. The molecule has 0 atom stereocenters. The van der Waals surface area contributed by atoms with Gasteiger partial charge in [-0.15, -0.1) is 11.3 Å². The molecule has 3 heteroatoms. The zero-order valence-corrected chi connectivity index (χ0v) is 36.2. The summed E-state index contributed by atoms with van der Waals surface area (Å²) in [7, 11) is 0. The van der Waals surface area contributed by atoms with E-state index >= 15 is 0 Å². The summed E-state index contributed by atoms with van der Waals surface area (Å²) < 4.78 is 4.97. The summed E-state index contributed by atoms with van der Waals surface area (Å²) in [5, 5.41) is 9.96. The summed E-state index contributed by atoms with van der Waals surface area (Å²) in [6, 6.07) is 89.0. The quantitative estimate of drug-likeness (QED) is 0.155. The Balaban J connectivity index is 1.06. The van der Waals surface area contributed by atoms with E-state index in [0.717, 1.165) is 22.7 Å². The lowest BCUT2D eigenvalue weighted by Crippen LogP contribution is -2.11. The molecule has 11 aromatic carbocycles. The first-order valence-corrected chi connectivity index (χ1v) is 23.1. The molecule has 0 unspecified atom stereocenters. The van der Waals surface area contributed by atoms with Crippen LogP contribution in [-0.2, 0) is 0 Å². The van der Waals surface area contributed by atoms with E-state index in [2.05, 4.69) is 252 Å². The van der Waals surface area contributed by atoms with Crippen LogP contribution in [0.15, 0.2) is 243 Å². The maximum Gasteiger partial charge on any atom is 0.0562 e. The minimum Gasteiger partial charge on any atom is -0.309 e. The zero-order valence-electron chi connectivity index (χ0n) is 35.4. The summed E-state index contributed by atoms with van der Waals surface area (Å²) >= 11 is 1.89. The number of hydrogen-bond donors (Lipinski definition) is 0. The van der Waals surface area contributed by atoms with Gasteiger partial charge in [0.2, 0.25) is 0 Å². The molecule has 0 spiro atoms. The Morgan fingerprint density at radius 3 is 1.72 bits per heavy atom. The summed E-state index contributed by atoms with van der Waals surface area (Å²) in [5.74, 6) is 0. The van der Waals surface area contributed by atoms with Crippen molar-refractivity contribution in [2.75, 3.05) is 4.90 Å². The van der Waals surface area contributed by atoms with E-state index < -0.39 is 0 Å². The Labute approximate surface area is 381 Å². The van der Waals surface area contributed by atoms with Gasteiger partial charge in [0.05, 0.1) is 22.4 Å². The van der Waals surface area contributed by atoms with Crippen molar-refractivity contribution in [1.29, 1.82) is 0 Å². The van der Waals surface area contributed by atoms with Crippen molar-refractivity contribution < 1.29 is 0 Å². The van der Waals surface area contributed by atoms with Crippen LogP contribution in [0.25, 0.3) is 103 Å². The zero-order chi connectivity index (χ0) is 42.8. The highest BCUT2D eigenvalue weighted by molar-refractivity contribution is 7.26. The molecule has 0 radical (unpaired) electrons. The molecule has 0 bridgehead atoms. The lowest BCUT2D eigenvalue weighted by atomic mass is 9.95. The van der Waals surface area contributed by atoms with Gasteiger partial charge in [-0.2, -0.15) is 0 Å². The summed E-state index contributed by atoms with van der Waals surface area (Å²) in [5.41, 5.74) is 14.2. The van der Waals surface area contributed by atoms with Crippen molar-refractivity contribution in [2.24, 2.45) is 0 Å². The third-order valence-corrected chi connectivity index (χ3v) is 14.4. The maximum absolute atomic E-state index is 2.52. The number of aromatic nitrogens is 1. The van der Waals surface area contributed by atoms with Gasteiger partial charge in [-0.05, 0) is 110 Å². The average molecular weight is 845 g/mol. The summed E-state index contributed by atoms with van der Waals surface area (Å²) in [4.78, 5) is 2.52. The highest BCUT2D eigenvalue weighted by Crippen LogP contribution is 2.51. The van der Waals surface area contributed by atoms with Gasteiger partial charge in [-0.25, -0.2) is 0 Å². The molecule has 13 aromatic rings. The first-order valence-electron chi connectivity index (χ1n) is 22.3. The van der Waals surface area contributed by atoms with Crippen LogP contribution in [0.2, 0.25) is 0 Å². The van der Waals surface area contributed by atoms with E-state index in [0.29, 0.717) is 0 Å².